The van der Waals surface area contributed by atoms with Gasteiger partial charge in [0, 0.05) is 11.1 Å². The first kappa shape index (κ1) is 23.2. The average Bonchev–Trinajstić information content (AvgIpc) is 2.62. The van der Waals surface area contributed by atoms with Gasteiger partial charge in [0.25, 0.3) is 0 Å². The number of carbonyl (C=O) groups excluding carboxylic acids is 1. The van der Waals surface area contributed by atoms with Gasteiger partial charge in [0.2, 0.25) is 5.83 Å². The molecule has 2 rings (SSSR count). The molecule has 0 saturated heterocycles. The molecular formula is C25H35FO3. The second-order valence-corrected chi connectivity index (χ2v) is 9.15. The lowest BCUT2D eigenvalue weighted by Gasteiger charge is -2.37. The third kappa shape index (κ3) is 4.73. The monoisotopic (exact) mass is 402 g/mol. The fraction of sp³-hybridized carbons (Fsp3) is 0.560. The first-order chi connectivity index (χ1) is 13.5. The molecule has 0 heterocycles. The van der Waals surface area contributed by atoms with Crippen LogP contribution in [0.4, 0.5) is 4.39 Å². The van der Waals surface area contributed by atoms with Crippen LogP contribution in [0.15, 0.2) is 24.0 Å². The van der Waals surface area contributed by atoms with Gasteiger partial charge >= 0.3 is 5.97 Å². The highest BCUT2D eigenvalue weighted by atomic mass is 19.1. The fourth-order valence-corrected chi connectivity index (χ4v) is 3.94. The van der Waals surface area contributed by atoms with Crippen LogP contribution in [-0.2, 0) is 14.9 Å². The zero-order valence-corrected chi connectivity index (χ0v) is 19.2. The molecular weight excluding hydrogens is 367 g/mol. The molecule has 0 fully saturated rings. The van der Waals surface area contributed by atoms with E-state index in [1.165, 1.54) is 11.1 Å². The predicted molar refractivity (Wildman–Crippen MR) is 118 cm³/mol. The lowest BCUT2D eigenvalue weighted by atomic mass is 9.67. The van der Waals surface area contributed by atoms with Crippen molar-refractivity contribution in [2.75, 3.05) is 13.2 Å². The summed E-state index contributed by atoms with van der Waals surface area (Å²) in [7, 11) is 0. The Bertz CT molecular complexity index is 838. The molecule has 29 heavy (non-hydrogen) atoms. The largest absolute Gasteiger partial charge is 0.493 e. The SMILES string of the molecule is CCOC(=O)C(F)=C(CC)c1cc2c(cc1OCC)C(C)(C)CC=C2C(C)(C)C. The van der Waals surface area contributed by atoms with Gasteiger partial charge in [-0.05, 0) is 66.4 Å². The molecule has 1 aliphatic carbocycles. The van der Waals surface area contributed by atoms with Crippen molar-refractivity contribution in [2.24, 2.45) is 5.41 Å². The van der Waals surface area contributed by atoms with Crippen LogP contribution < -0.4 is 4.74 Å². The number of hydrogen-bond acceptors (Lipinski definition) is 3. The summed E-state index contributed by atoms with van der Waals surface area (Å²) in [5, 5.41) is 0. The number of halogens is 1. The molecule has 0 aromatic heterocycles. The molecule has 4 heteroatoms. The Hall–Kier alpha value is -2.10. The fourth-order valence-electron chi connectivity index (χ4n) is 3.94. The zero-order valence-electron chi connectivity index (χ0n) is 19.2. The highest BCUT2D eigenvalue weighted by Gasteiger charge is 2.34. The predicted octanol–water partition coefficient (Wildman–Crippen LogP) is 6.85. The van der Waals surface area contributed by atoms with Gasteiger partial charge in [0.05, 0.1) is 13.2 Å². The molecule has 0 N–H and O–H groups in total. The molecule has 0 saturated carbocycles. The van der Waals surface area contributed by atoms with Crippen molar-refractivity contribution in [3.8, 4) is 5.75 Å². The maximum atomic E-state index is 15.0. The van der Waals surface area contributed by atoms with Gasteiger partial charge in [0.1, 0.15) is 5.75 Å². The van der Waals surface area contributed by atoms with Crippen molar-refractivity contribution >= 4 is 17.1 Å². The van der Waals surface area contributed by atoms with E-state index in [9.17, 15) is 4.79 Å². The lowest BCUT2D eigenvalue weighted by molar-refractivity contribution is -0.140. The van der Waals surface area contributed by atoms with Crippen molar-refractivity contribution in [2.45, 2.75) is 73.6 Å². The minimum atomic E-state index is -0.920. The molecule has 3 nitrogen and oxygen atoms in total. The maximum absolute atomic E-state index is 15.0. The Morgan fingerprint density at radius 3 is 2.31 bits per heavy atom. The van der Waals surface area contributed by atoms with Gasteiger partial charge in [-0.3, -0.25) is 0 Å². The van der Waals surface area contributed by atoms with Crippen LogP contribution in [0.1, 0.15) is 84.9 Å². The number of hydrogen-bond donors (Lipinski definition) is 0. The van der Waals surface area contributed by atoms with E-state index in [1.807, 2.05) is 26.0 Å². The Morgan fingerprint density at radius 1 is 1.14 bits per heavy atom. The van der Waals surface area contributed by atoms with E-state index in [0.717, 1.165) is 12.0 Å². The van der Waals surface area contributed by atoms with Gasteiger partial charge in [-0.25, -0.2) is 4.79 Å². The molecule has 1 aromatic carbocycles. The smallest absolute Gasteiger partial charge is 0.367 e. The van der Waals surface area contributed by atoms with Crippen molar-refractivity contribution in [1.82, 2.24) is 0 Å². The number of carbonyl (C=O) groups is 1. The van der Waals surface area contributed by atoms with Gasteiger partial charge in [0.15, 0.2) is 0 Å². The summed E-state index contributed by atoms with van der Waals surface area (Å²) in [4.78, 5) is 12.1. The molecule has 0 atom stereocenters. The van der Waals surface area contributed by atoms with Crippen LogP contribution >= 0.6 is 0 Å². The van der Waals surface area contributed by atoms with Gasteiger partial charge in [-0.1, -0.05) is 47.6 Å². The third-order valence-electron chi connectivity index (χ3n) is 5.46. The van der Waals surface area contributed by atoms with Gasteiger partial charge < -0.3 is 9.47 Å². The summed E-state index contributed by atoms with van der Waals surface area (Å²) < 4.78 is 25.8. The summed E-state index contributed by atoms with van der Waals surface area (Å²) in [6, 6.07) is 4.05. The van der Waals surface area contributed by atoms with Crippen LogP contribution in [-0.4, -0.2) is 19.2 Å². The normalized spacial score (nSPS) is 16.5. The van der Waals surface area contributed by atoms with E-state index < -0.39 is 11.8 Å². The Kier molecular flexibility index (Phi) is 6.97. The first-order valence-corrected chi connectivity index (χ1v) is 10.6. The van der Waals surface area contributed by atoms with Crippen molar-refractivity contribution in [3.63, 3.8) is 0 Å². The topological polar surface area (TPSA) is 35.5 Å². The number of rotatable bonds is 6. The van der Waals surface area contributed by atoms with E-state index in [1.54, 1.807) is 6.92 Å². The van der Waals surface area contributed by atoms with E-state index in [4.69, 9.17) is 9.47 Å². The number of esters is 1. The first-order valence-electron chi connectivity index (χ1n) is 10.6. The summed E-state index contributed by atoms with van der Waals surface area (Å²) >= 11 is 0. The Balaban J connectivity index is 2.82. The molecule has 0 bridgehead atoms. The molecule has 160 valence electrons. The summed E-state index contributed by atoms with van der Waals surface area (Å²) in [5.41, 5.74) is 4.40. The molecule has 0 aliphatic heterocycles. The third-order valence-corrected chi connectivity index (χ3v) is 5.46. The van der Waals surface area contributed by atoms with Gasteiger partial charge in [-0.15, -0.1) is 0 Å². The maximum Gasteiger partial charge on any atom is 0.367 e. The van der Waals surface area contributed by atoms with Crippen LogP contribution in [0.5, 0.6) is 5.75 Å². The molecule has 0 radical (unpaired) electrons. The quantitative estimate of drug-likeness (QED) is 0.385. The van der Waals surface area contributed by atoms with Crippen LogP contribution in [0.3, 0.4) is 0 Å². The summed E-state index contributed by atoms with van der Waals surface area (Å²) in [6.07, 6.45) is 3.59. The molecule has 0 amide bonds. The summed E-state index contributed by atoms with van der Waals surface area (Å²) in [5.74, 6) is -1.14. The van der Waals surface area contributed by atoms with E-state index >= 15 is 4.39 Å². The highest BCUT2D eigenvalue weighted by molar-refractivity contribution is 5.96. The molecule has 0 unspecified atom stereocenters. The molecule has 1 aliphatic rings. The average molecular weight is 403 g/mol. The second kappa shape index (κ2) is 8.73. The minimum Gasteiger partial charge on any atom is -0.493 e. The van der Waals surface area contributed by atoms with Crippen LogP contribution in [0.2, 0.25) is 0 Å². The second-order valence-electron chi connectivity index (χ2n) is 9.15. The molecule has 1 aromatic rings. The van der Waals surface area contributed by atoms with Crippen LogP contribution in [0.25, 0.3) is 11.1 Å². The lowest BCUT2D eigenvalue weighted by Crippen LogP contribution is -2.25. The van der Waals surface area contributed by atoms with E-state index in [2.05, 4.69) is 40.7 Å². The standard InChI is InChI=1S/C25H35FO3/c1-9-16(22(26)23(27)29-11-3)17-14-18-19(24(4,5)6)12-13-25(7,8)20(18)15-21(17)28-10-2/h12,14-15H,9-11,13H2,1-8H3. The van der Waals surface area contributed by atoms with Crippen molar-refractivity contribution < 1.29 is 18.7 Å². The highest BCUT2D eigenvalue weighted by Crippen LogP contribution is 2.48. The number of ether oxygens (including phenoxy) is 2. The molecule has 0 spiro atoms. The number of allylic oxidation sites excluding steroid dienone is 3. The number of fused-ring (bicyclic) bond motifs is 1. The number of benzene rings is 1. The Morgan fingerprint density at radius 2 is 1.79 bits per heavy atom. The van der Waals surface area contributed by atoms with Crippen molar-refractivity contribution in [3.05, 3.63) is 40.7 Å². The van der Waals surface area contributed by atoms with E-state index in [0.29, 0.717) is 29.9 Å². The van der Waals surface area contributed by atoms with Gasteiger partial charge in [-0.2, -0.15) is 4.39 Å². The minimum absolute atomic E-state index is 0.0502. The van der Waals surface area contributed by atoms with Crippen LogP contribution in [0, 0.1) is 5.41 Å². The zero-order chi connectivity index (χ0) is 22.0. The Labute approximate surface area is 175 Å². The summed E-state index contributed by atoms with van der Waals surface area (Å²) in [6.45, 7) is 17.0. The van der Waals surface area contributed by atoms with Crippen molar-refractivity contribution in [1.29, 1.82) is 0 Å². The van der Waals surface area contributed by atoms with E-state index in [-0.39, 0.29) is 17.4 Å².